The molecule has 0 bridgehead atoms. The van der Waals surface area contributed by atoms with Gasteiger partial charge in [0.1, 0.15) is 17.9 Å². The summed E-state index contributed by atoms with van der Waals surface area (Å²) >= 11 is 0. The standard InChI is InChI=1S/C17H21FN4O3/c1-10(9-19)7-14(16(20)24)22-17(25)15(21-11(2)23)8-12-5-3-4-6-13(12)18/h3-6,10,14-15H,7-8H2,1-2H3,(H2,20,24)(H,21,23)(H,22,25)/t10-,14+,15-/m0/s1. The summed E-state index contributed by atoms with van der Waals surface area (Å²) in [5.41, 5.74) is 5.50. The Bertz CT molecular complexity index is 687. The number of hydrogen-bond donors (Lipinski definition) is 3. The van der Waals surface area contributed by atoms with Crippen molar-refractivity contribution in [1.82, 2.24) is 10.6 Å². The second-order valence-electron chi connectivity index (χ2n) is 5.78. The van der Waals surface area contributed by atoms with Crippen LogP contribution in [0.5, 0.6) is 0 Å². The van der Waals surface area contributed by atoms with Gasteiger partial charge in [0, 0.05) is 19.3 Å². The lowest BCUT2D eigenvalue weighted by atomic mass is 10.0. The maximum Gasteiger partial charge on any atom is 0.243 e. The van der Waals surface area contributed by atoms with Crippen molar-refractivity contribution < 1.29 is 18.8 Å². The second-order valence-corrected chi connectivity index (χ2v) is 5.78. The van der Waals surface area contributed by atoms with Crippen molar-refractivity contribution in [3.8, 4) is 6.07 Å². The maximum absolute atomic E-state index is 13.8. The highest BCUT2D eigenvalue weighted by Crippen LogP contribution is 2.10. The number of halogens is 1. The zero-order chi connectivity index (χ0) is 19.0. The number of primary amides is 1. The molecule has 0 aromatic heterocycles. The molecule has 0 heterocycles. The van der Waals surface area contributed by atoms with Crippen molar-refractivity contribution in [3.63, 3.8) is 0 Å². The van der Waals surface area contributed by atoms with Gasteiger partial charge in [-0.15, -0.1) is 0 Å². The lowest BCUT2D eigenvalue weighted by molar-refractivity contribution is -0.131. The predicted octanol–water partition coefficient (Wildman–Crippen LogP) is 0.393. The van der Waals surface area contributed by atoms with Gasteiger partial charge in [-0.25, -0.2) is 4.39 Å². The molecule has 1 rings (SSSR count). The van der Waals surface area contributed by atoms with E-state index < -0.39 is 41.5 Å². The summed E-state index contributed by atoms with van der Waals surface area (Å²) in [6, 6.07) is 5.70. The Morgan fingerprint density at radius 1 is 1.24 bits per heavy atom. The number of benzene rings is 1. The Morgan fingerprint density at radius 3 is 2.40 bits per heavy atom. The van der Waals surface area contributed by atoms with Crippen molar-refractivity contribution >= 4 is 17.7 Å². The molecule has 0 aliphatic heterocycles. The molecule has 0 saturated heterocycles. The molecule has 0 unspecified atom stereocenters. The van der Waals surface area contributed by atoms with E-state index in [-0.39, 0.29) is 18.4 Å². The van der Waals surface area contributed by atoms with E-state index in [1.807, 2.05) is 6.07 Å². The van der Waals surface area contributed by atoms with E-state index in [9.17, 15) is 18.8 Å². The Balaban J connectivity index is 2.92. The minimum Gasteiger partial charge on any atom is -0.368 e. The molecule has 0 saturated carbocycles. The first kappa shape index (κ1) is 20.1. The van der Waals surface area contributed by atoms with Gasteiger partial charge in [-0.1, -0.05) is 18.2 Å². The molecular formula is C17H21FN4O3. The highest BCUT2D eigenvalue weighted by Gasteiger charge is 2.27. The third-order valence-corrected chi connectivity index (χ3v) is 3.55. The van der Waals surface area contributed by atoms with Crippen LogP contribution in [0.15, 0.2) is 24.3 Å². The molecule has 134 valence electrons. The minimum absolute atomic E-state index is 0.0457. The van der Waals surface area contributed by atoms with Crippen molar-refractivity contribution in [3.05, 3.63) is 35.6 Å². The molecule has 4 N–H and O–H groups in total. The number of rotatable bonds is 8. The summed E-state index contributed by atoms with van der Waals surface area (Å²) in [5.74, 6) is -2.94. The molecule has 0 radical (unpaired) electrons. The quantitative estimate of drug-likeness (QED) is 0.628. The van der Waals surface area contributed by atoms with Gasteiger partial charge in [0.15, 0.2) is 0 Å². The van der Waals surface area contributed by atoms with Crippen molar-refractivity contribution in [2.24, 2.45) is 11.7 Å². The van der Waals surface area contributed by atoms with Crippen LogP contribution >= 0.6 is 0 Å². The van der Waals surface area contributed by atoms with E-state index >= 15 is 0 Å². The molecule has 3 atom stereocenters. The van der Waals surface area contributed by atoms with Crippen LogP contribution in [0, 0.1) is 23.1 Å². The average molecular weight is 348 g/mol. The Kier molecular flexibility index (Phi) is 7.53. The number of nitrogens with two attached hydrogens (primary N) is 1. The van der Waals surface area contributed by atoms with Crippen LogP contribution in [0.25, 0.3) is 0 Å². The highest BCUT2D eigenvalue weighted by atomic mass is 19.1. The monoisotopic (exact) mass is 348 g/mol. The zero-order valence-electron chi connectivity index (χ0n) is 14.1. The summed E-state index contributed by atoms with van der Waals surface area (Å²) in [4.78, 5) is 35.3. The topological polar surface area (TPSA) is 125 Å². The fourth-order valence-electron chi connectivity index (χ4n) is 2.26. The maximum atomic E-state index is 13.8. The first-order valence-electron chi connectivity index (χ1n) is 7.74. The van der Waals surface area contributed by atoms with Crippen molar-refractivity contribution in [2.75, 3.05) is 0 Å². The van der Waals surface area contributed by atoms with Gasteiger partial charge >= 0.3 is 0 Å². The number of carbonyl (C=O) groups excluding carboxylic acids is 3. The summed E-state index contributed by atoms with van der Waals surface area (Å²) in [6.45, 7) is 2.82. The summed E-state index contributed by atoms with van der Waals surface area (Å²) in [7, 11) is 0. The van der Waals surface area contributed by atoms with Gasteiger partial charge < -0.3 is 16.4 Å². The van der Waals surface area contributed by atoms with E-state index in [1.54, 1.807) is 13.0 Å². The van der Waals surface area contributed by atoms with Gasteiger partial charge in [0.25, 0.3) is 0 Å². The average Bonchev–Trinajstić information content (AvgIpc) is 2.54. The van der Waals surface area contributed by atoms with Gasteiger partial charge in [-0.2, -0.15) is 5.26 Å². The third-order valence-electron chi connectivity index (χ3n) is 3.55. The summed E-state index contributed by atoms with van der Waals surface area (Å²) < 4.78 is 13.8. The fraction of sp³-hybridized carbons (Fsp3) is 0.412. The van der Waals surface area contributed by atoms with Gasteiger partial charge in [0.2, 0.25) is 17.7 Å². The molecule has 0 aliphatic carbocycles. The number of amides is 3. The Hall–Kier alpha value is -2.95. The molecule has 0 spiro atoms. The van der Waals surface area contributed by atoms with Crippen LogP contribution in [0.2, 0.25) is 0 Å². The first-order valence-corrected chi connectivity index (χ1v) is 7.74. The first-order chi connectivity index (χ1) is 11.7. The van der Waals surface area contributed by atoms with Gasteiger partial charge in [0.05, 0.1) is 6.07 Å². The van der Waals surface area contributed by atoms with E-state index in [0.717, 1.165) is 0 Å². The van der Waals surface area contributed by atoms with Crippen LogP contribution in [0.1, 0.15) is 25.8 Å². The number of nitrogens with zero attached hydrogens (tertiary/aromatic N) is 1. The molecule has 8 heteroatoms. The largest absolute Gasteiger partial charge is 0.368 e. The van der Waals surface area contributed by atoms with Crippen LogP contribution in [-0.4, -0.2) is 29.8 Å². The smallest absolute Gasteiger partial charge is 0.243 e. The normalized spacial score (nSPS) is 13.8. The third kappa shape index (κ3) is 6.59. The fourth-order valence-corrected chi connectivity index (χ4v) is 2.26. The highest BCUT2D eigenvalue weighted by molar-refractivity contribution is 5.91. The van der Waals surface area contributed by atoms with Crippen LogP contribution in [-0.2, 0) is 20.8 Å². The molecular weight excluding hydrogens is 327 g/mol. The van der Waals surface area contributed by atoms with Crippen LogP contribution in [0.3, 0.4) is 0 Å². The van der Waals surface area contributed by atoms with Crippen LogP contribution < -0.4 is 16.4 Å². The summed E-state index contributed by atoms with van der Waals surface area (Å²) in [6.07, 6.45) is -0.0402. The second kappa shape index (κ2) is 9.37. The van der Waals surface area contributed by atoms with Gasteiger partial charge in [-0.05, 0) is 25.0 Å². The number of hydrogen-bond acceptors (Lipinski definition) is 4. The lowest BCUT2D eigenvalue weighted by Gasteiger charge is -2.22. The minimum atomic E-state index is -1.08. The molecule has 0 aliphatic rings. The molecule has 3 amide bonds. The number of nitrogens with one attached hydrogen (secondary N) is 2. The zero-order valence-corrected chi connectivity index (χ0v) is 14.1. The molecule has 0 fully saturated rings. The van der Waals surface area contributed by atoms with E-state index in [1.165, 1.54) is 25.1 Å². The van der Waals surface area contributed by atoms with E-state index in [4.69, 9.17) is 11.0 Å². The van der Waals surface area contributed by atoms with Crippen molar-refractivity contribution in [1.29, 1.82) is 5.26 Å². The SMILES string of the molecule is CC(=O)N[C@@H](Cc1ccccc1F)C(=O)N[C@H](C[C@H](C)C#N)C(N)=O. The van der Waals surface area contributed by atoms with E-state index in [0.29, 0.717) is 0 Å². The number of nitriles is 1. The number of carbonyl (C=O) groups is 3. The lowest BCUT2D eigenvalue weighted by Crippen LogP contribution is -2.53. The van der Waals surface area contributed by atoms with Crippen LogP contribution in [0.4, 0.5) is 4.39 Å². The Labute approximate surface area is 145 Å². The summed E-state index contributed by atoms with van der Waals surface area (Å²) in [5, 5.41) is 13.7. The van der Waals surface area contributed by atoms with Gasteiger partial charge in [-0.3, -0.25) is 14.4 Å². The van der Waals surface area contributed by atoms with Crippen molar-refractivity contribution in [2.45, 2.75) is 38.8 Å². The molecule has 1 aromatic carbocycles. The molecule has 7 nitrogen and oxygen atoms in total. The molecule has 25 heavy (non-hydrogen) atoms. The molecule has 1 aromatic rings. The Morgan fingerprint density at radius 2 is 1.88 bits per heavy atom. The van der Waals surface area contributed by atoms with E-state index in [2.05, 4.69) is 10.6 Å². The predicted molar refractivity (Wildman–Crippen MR) is 88.2 cm³/mol.